The van der Waals surface area contributed by atoms with Crippen LogP contribution in [0.25, 0.3) is 22.3 Å². The van der Waals surface area contributed by atoms with E-state index in [1.807, 2.05) is 69.0 Å². The van der Waals surface area contributed by atoms with Gasteiger partial charge < -0.3 is 5.32 Å². The van der Waals surface area contributed by atoms with Gasteiger partial charge in [-0.3, -0.25) is 14.2 Å². The van der Waals surface area contributed by atoms with Gasteiger partial charge in [-0.1, -0.05) is 18.2 Å². The summed E-state index contributed by atoms with van der Waals surface area (Å²) in [6, 6.07) is 11.4. The first-order valence-corrected chi connectivity index (χ1v) is 10.0. The van der Waals surface area contributed by atoms with Gasteiger partial charge in [0.05, 0.1) is 28.2 Å². The highest BCUT2D eigenvalue weighted by Crippen LogP contribution is 2.25. The van der Waals surface area contributed by atoms with Crippen LogP contribution in [0.1, 0.15) is 34.2 Å². The van der Waals surface area contributed by atoms with Crippen molar-refractivity contribution >= 4 is 16.8 Å². The summed E-state index contributed by atoms with van der Waals surface area (Å²) in [5.74, 6) is -0.108. The lowest BCUT2D eigenvalue weighted by atomic mass is 10.0. The van der Waals surface area contributed by atoms with E-state index in [9.17, 15) is 4.79 Å². The van der Waals surface area contributed by atoms with Crippen molar-refractivity contribution in [2.24, 2.45) is 14.1 Å². The molecule has 154 valence electrons. The van der Waals surface area contributed by atoms with Gasteiger partial charge in [-0.15, -0.1) is 0 Å². The summed E-state index contributed by atoms with van der Waals surface area (Å²) in [6.07, 6.45) is 2.46. The molecule has 0 aliphatic rings. The maximum Gasteiger partial charge on any atom is 0.252 e. The van der Waals surface area contributed by atoms with Gasteiger partial charge in [0.1, 0.15) is 0 Å². The van der Waals surface area contributed by atoms with Crippen LogP contribution in [-0.4, -0.2) is 36.5 Å². The van der Waals surface area contributed by atoms with E-state index in [2.05, 4.69) is 22.4 Å². The normalized spacial score (nSPS) is 12.3. The van der Waals surface area contributed by atoms with Crippen LogP contribution in [0.4, 0.5) is 0 Å². The van der Waals surface area contributed by atoms with Gasteiger partial charge in [0.25, 0.3) is 5.91 Å². The van der Waals surface area contributed by atoms with E-state index in [0.717, 1.165) is 40.1 Å². The van der Waals surface area contributed by atoms with Crippen LogP contribution in [-0.2, 0) is 20.5 Å². The Kier molecular flexibility index (Phi) is 5.11. The zero-order chi connectivity index (χ0) is 21.4. The molecular weight excluding hydrogens is 376 g/mol. The molecule has 7 heteroatoms. The Labute approximate surface area is 175 Å². The summed E-state index contributed by atoms with van der Waals surface area (Å²) in [7, 11) is 3.81. The number of nitrogens with one attached hydrogen (secondary N) is 1. The Morgan fingerprint density at radius 1 is 1.13 bits per heavy atom. The first-order valence-electron chi connectivity index (χ1n) is 10.0. The molecule has 3 heterocycles. The number of nitrogens with zero attached hydrogens (tertiary/aromatic N) is 5. The van der Waals surface area contributed by atoms with Crippen LogP contribution < -0.4 is 5.32 Å². The molecule has 4 aromatic rings. The lowest BCUT2D eigenvalue weighted by molar-refractivity contribution is 0.0941. The SMILES string of the molecule is Cc1nn(C)c(C)c1CC(C)NC(=O)c1cc(-c2ccnn2C)nc2ccccc12. The number of aromatic nitrogens is 5. The molecule has 4 rings (SSSR count). The number of amides is 1. The maximum absolute atomic E-state index is 13.3. The molecule has 1 unspecified atom stereocenters. The number of hydrogen-bond acceptors (Lipinski definition) is 4. The number of hydrogen-bond donors (Lipinski definition) is 1. The van der Waals surface area contributed by atoms with Gasteiger partial charge in [0.15, 0.2) is 0 Å². The molecule has 0 fully saturated rings. The van der Waals surface area contributed by atoms with Gasteiger partial charge in [0, 0.05) is 37.4 Å². The van der Waals surface area contributed by atoms with Gasteiger partial charge in [-0.05, 0) is 51.0 Å². The first-order chi connectivity index (χ1) is 14.3. The second kappa shape index (κ2) is 7.74. The van der Waals surface area contributed by atoms with Gasteiger partial charge in [-0.2, -0.15) is 10.2 Å². The molecule has 0 saturated heterocycles. The smallest absolute Gasteiger partial charge is 0.252 e. The van der Waals surface area contributed by atoms with Crippen molar-refractivity contribution in [1.82, 2.24) is 29.9 Å². The molecule has 7 nitrogen and oxygen atoms in total. The molecule has 1 aromatic carbocycles. The Balaban J connectivity index is 1.66. The van der Waals surface area contributed by atoms with Crippen LogP contribution in [0.2, 0.25) is 0 Å². The number of benzene rings is 1. The molecular formula is C23H26N6O. The van der Waals surface area contributed by atoms with Crippen molar-refractivity contribution in [3.8, 4) is 11.4 Å². The topological polar surface area (TPSA) is 77.6 Å². The van der Waals surface area contributed by atoms with Gasteiger partial charge in [-0.25, -0.2) is 4.98 Å². The average molecular weight is 403 g/mol. The summed E-state index contributed by atoms with van der Waals surface area (Å²) in [6.45, 7) is 6.09. The van der Waals surface area contributed by atoms with Crippen molar-refractivity contribution in [3.63, 3.8) is 0 Å². The Morgan fingerprint density at radius 3 is 2.57 bits per heavy atom. The van der Waals surface area contributed by atoms with E-state index in [1.54, 1.807) is 10.9 Å². The molecule has 0 aliphatic heterocycles. The monoisotopic (exact) mass is 402 g/mol. The molecule has 0 radical (unpaired) electrons. The fourth-order valence-electron chi connectivity index (χ4n) is 3.89. The lowest BCUT2D eigenvalue weighted by Crippen LogP contribution is -2.34. The van der Waals surface area contributed by atoms with E-state index >= 15 is 0 Å². The Bertz CT molecular complexity index is 1240. The highest BCUT2D eigenvalue weighted by Gasteiger charge is 2.19. The standard InChI is InChI=1S/C23H26N6O/c1-14(12-18-15(2)27-28(4)16(18)3)25-23(30)19-13-21(22-10-11-24-29(22)5)26-20-9-7-6-8-17(19)20/h6-11,13-14H,12H2,1-5H3,(H,25,30). The lowest BCUT2D eigenvalue weighted by Gasteiger charge is -2.16. The predicted octanol–water partition coefficient (Wildman–Crippen LogP) is 3.35. The minimum absolute atomic E-state index is 0.0359. The van der Waals surface area contributed by atoms with Crippen LogP contribution in [0, 0.1) is 13.8 Å². The maximum atomic E-state index is 13.3. The van der Waals surface area contributed by atoms with Crippen LogP contribution in [0.15, 0.2) is 42.6 Å². The number of pyridine rings is 1. The highest BCUT2D eigenvalue weighted by molar-refractivity contribution is 6.07. The highest BCUT2D eigenvalue weighted by atomic mass is 16.1. The molecule has 1 atom stereocenters. The molecule has 0 saturated carbocycles. The van der Waals surface area contributed by atoms with E-state index < -0.39 is 0 Å². The third kappa shape index (κ3) is 3.58. The molecule has 3 aromatic heterocycles. The van der Waals surface area contributed by atoms with Gasteiger partial charge in [0.2, 0.25) is 0 Å². The largest absolute Gasteiger partial charge is 0.349 e. The summed E-state index contributed by atoms with van der Waals surface area (Å²) in [5, 5.41) is 12.7. The van der Waals surface area contributed by atoms with E-state index in [4.69, 9.17) is 4.98 Å². The zero-order valence-corrected chi connectivity index (χ0v) is 18.0. The van der Waals surface area contributed by atoms with Gasteiger partial charge >= 0.3 is 0 Å². The zero-order valence-electron chi connectivity index (χ0n) is 18.0. The number of aryl methyl sites for hydroxylation is 3. The molecule has 30 heavy (non-hydrogen) atoms. The first kappa shape index (κ1) is 19.8. The van der Waals surface area contributed by atoms with Crippen molar-refractivity contribution in [2.75, 3.05) is 0 Å². The molecule has 0 bridgehead atoms. The van der Waals surface area contributed by atoms with Crippen molar-refractivity contribution in [3.05, 3.63) is 65.1 Å². The summed E-state index contributed by atoms with van der Waals surface area (Å²) < 4.78 is 3.64. The van der Waals surface area contributed by atoms with Crippen LogP contribution >= 0.6 is 0 Å². The fraction of sp³-hybridized carbons (Fsp3) is 0.304. The van der Waals surface area contributed by atoms with Crippen molar-refractivity contribution in [1.29, 1.82) is 0 Å². The number of rotatable bonds is 5. The van der Waals surface area contributed by atoms with Crippen LogP contribution in [0.3, 0.4) is 0 Å². The van der Waals surface area contributed by atoms with E-state index in [1.165, 1.54) is 5.56 Å². The minimum atomic E-state index is -0.108. The number of carbonyl (C=O) groups excluding carboxylic acids is 1. The Hall–Kier alpha value is -3.48. The third-order valence-electron chi connectivity index (χ3n) is 5.59. The number of fused-ring (bicyclic) bond motifs is 1. The third-order valence-corrected chi connectivity index (χ3v) is 5.59. The number of para-hydroxylation sites is 1. The number of carbonyl (C=O) groups is 1. The molecule has 0 aliphatic carbocycles. The van der Waals surface area contributed by atoms with Crippen molar-refractivity contribution in [2.45, 2.75) is 33.2 Å². The minimum Gasteiger partial charge on any atom is -0.349 e. The van der Waals surface area contributed by atoms with E-state index in [0.29, 0.717) is 5.56 Å². The average Bonchev–Trinajstić information content (AvgIpc) is 3.25. The molecule has 1 amide bonds. The summed E-state index contributed by atoms with van der Waals surface area (Å²) >= 11 is 0. The quantitative estimate of drug-likeness (QED) is 0.555. The second-order valence-electron chi connectivity index (χ2n) is 7.76. The fourth-order valence-corrected chi connectivity index (χ4v) is 3.89. The second-order valence-corrected chi connectivity index (χ2v) is 7.76. The van der Waals surface area contributed by atoms with E-state index in [-0.39, 0.29) is 11.9 Å². The van der Waals surface area contributed by atoms with Crippen LogP contribution in [0.5, 0.6) is 0 Å². The summed E-state index contributed by atoms with van der Waals surface area (Å²) in [4.78, 5) is 18.0. The molecule has 0 spiro atoms. The van der Waals surface area contributed by atoms with Crippen molar-refractivity contribution < 1.29 is 4.79 Å². The molecule has 1 N–H and O–H groups in total. The Morgan fingerprint density at radius 2 is 1.90 bits per heavy atom. The predicted molar refractivity (Wildman–Crippen MR) is 117 cm³/mol. The summed E-state index contributed by atoms with van der Waals surface area (Å²) in [5.41, 5.74) is 6.30.